The molecule has 9 nitrogen and oxygen atoms in total. The molecule has 2 heterocycles. The van der Waals surface area contributed by atoms with Gasteiger partial charge in [0.2, 0.25) is 17.7 Å². The minimum atomic E-state index is -0.992. The molecule has 2 fully saturated rings. The van der Waals surface area contributed by atoms with Crippen LogP contribution in [0.3, 0.4) is 0 Å². The number of benzene rings is 2. The van der Waals surface area contributed by atoms with Crippen molar-refractivity contribution < 1.29 is 24.3 Å². The number of likely N-dealkylation sites (tertiary alicyclic amines) is 1. The number of rotatable bonds is 12. The van der Waals surface area contributed by atoms with E-state index in [9.17, 15) is 24.3 Å². The second-order valence-electron chi connectivity index (χ2n) is 10.5. The Labute approximate surface area is 229 Å². The number of amides is 3. The molecule has 9 heteroatoms. The maximum Gasteiger partial charge on any atom is 0.305 e. The van der Waals surface area contributed by atoms with E-state index in [1.807, 2.05) is 60.7 Å². The molecule has 208 valence electrons. The van der Waals surface area contributed by atoms with E-state index in [1.54, 1.807) is 4.90 Å². The highest BCUT2D eigenvalue weighted by atomic mass is 16.4. The van der Waals surface area contributed by atoms with Crippen LogP contribution in [0.25, 0.3) is 0 Å². The van der Waals surface area contributed by atoms with Crippen molar-refractivity contribution in [2.24, 2.45) is 0 Å². The zero-order valence-electron chi connectivity index (χ0n) is 22.2. The lowest BCUT2D eigenvalue weighted by Gasteiger charge is -2.29. The van der Waals surface area contributed by atoms with Crippen molar-refractivity contribution >= 4 is 23.7 Å². The first-order valence-electron chi connectivity index (χ1n) is 13.8. The number of carboxylic acids is 1. The molecule has 0 radical (unpaired) electrons. The predicted octanol–water partition coefficient (Wildman–Crippen LogP) is 2.05. The molecule has 0 aliphatic carbocycles. The van der Waals surface area contributed by atoms with Gasteiger partial charge in [-0.2, -0.15) is 0 Å². The SMILES string of the molecule is O=C(O)CC(Cc1ccccc1)NC(=O)CC(Cc1ccccc1)NC(=O)[C@@H]1CCCN1C(=O)[C@@H]1CCCN1. The number of carboxylic acid groups (broad SMARTS) is 1. The van der Waals surface area contributed by atoms with Crippen LogP contribution in [-0.2, 0) is 32.0 Å². The summed E-state index contributed by atoms with van der Waals surface area (Å²) in [4.78, 5) is 52.8. The van der Waals surface area contributed by atoms with Crippen molar-refractivity contribution in [2.75, 3.05) is 13.1 Å². The third-order valence-electron chi connectivity index (χ3n) is 7.41. The normalized spacial score (nSPS) is 20.3. The standard InChI is InChI=1S/C30H38N4O5/c35-27(32-24(20-28(36)37)18-22-11-5-2-6-12-22)19-23(17-21-9-3-1-4-10-21)33-29(38)26-14-8-16-34(26)30(39)25-13-7-15-31-25/h1-6,9-12,23-26,31H,7-8,13-20H2,(H,32,35)(H,33,38)(H,36,37)/t23?,24?,25-,26-/m0/s1. The molecule has 2 aliphatic rings. The molecule has 39 heavy (non-hydrogen) atoms. The van der Waals surface area contributed by atoms with Crippen LogP contribution in [0.5, 0.6) is 0 Å². The fraction of sp³-hybridized carbons (Fsp3) is 0.467. The molecular formula is C30H38N4O5. The Balaban J connectivity index is 1.42. The summed E-state index contributed by atoms with van der Waals surface area (Å²) in [5, 5.41) is 18.5. The summed E-state index contributed by atoms with van der Waals surface area (Å²) < 4.78 is 0. The lowest BCUT2D eigenvalue weighted by molar-refractivity contribution is -0.140. The summed E-state index contributed by atoms with van der Waals surface area (Å²) in [6.45, 7) is 1.36. The van der Waals surface area contributed by atoms with Crippen molar-refractivity contribution in [3.8, 4) is 0 Å². The zero-order chi connectivity index (χ0) is 27.6. The molecule has 3 amide bonds. The van der Waals surface area contributed by atoms with Crippen LogP contribution in [0.2, 0.25) is 0 Å². The van der Waals surface area contributed by atoms with Crippen LogP contribution in [-0.4, -0.2) is 71.0 Å². The fourth-order valence-corrected chi connectivity index (χ4v) is 5.56. The summed E-state index contributed by atoms with van der Waals surface area (Å²) in [6.07, 6.45) is 3.70. The third-order valence-corrected chi connectivity index (χ3v) is 7.41. The minimum Gasteiger partial charge on any atom is -0.481 e. The fourth-order valence-electron chi connectivity index (χ4n) is 5.56. The molecule has 0 bridgehead atoms. The number of carbonyl (C=O) groups excluding carboxylic acids is 3. The highest BCUT2D eigenvalue weighted by Gasteiger charge is 2.38. The van der Waals surface area contributed by atoms with Gasteiger partial charge >= 0.3 is 5.97 Å². The molecule has 0 saturated carbocycles. The summed E-state index contributed by atoms with van der Waals surface area (Å²) in [5.74, 6) is -1.60. The van der Waals surface area contributed by atoms with Crippen LogP contribution >= 0.6 is 0 Å². The molecule has 4 atom stereocenters. The van der Waals surface area contributed by atoms with Crippen LogP contribution in [0, 0.1) is 0 Å². The van der Waals surface area contributed by atoms with Gasteiger partial charge in [-0.1, -0.05) is 60.7 Å². The summed E-state index contributed by atoms with van der Waals surface area (Å²) in [7, 11) is 0. The molecule has 2 unspecified atom stereocenters. The number of hydrogen-bond acceptors (Lipinski definition) is 5. The summed E-state index contributed by atoms with van der Waals surface area (Å²) in [6, 6.07) is 17.2. The Morgan fingerprint density at radius 3 is 2.03 bits per heavy atom. The van der Waals surface area contributed by atoms with E-state index in [4.69, 9.17) is 0 Å². The van der Waals surface area contributed by atoms with E-state index in [0.717, 1.165) is 36.9 Å². The van der Waals surface area contributed by atoms with Crippen LogP contribution in [0.4, 0.5) is 0 Å². The Kier molecular flexibility index (Phi) is 10.1. The van der Waals surface area contributed by atoms with Gasteiger partial charge in [0.15, 0.2) is 0 Å². The molecule has 2 saturated heterocycles. The van der Waals surface area contributed by atoms with Crippen LogP contribution in [0.1, 0.15) is 49.7 Å². The Morgan fingerprint density at radius 1 is 0.846 bits per heavy atom. The third kappa shape index (κ3) is 8.38. The van der Waals surface area contributed by atoms with Crippen LogP contribution < -0.4 is 16.0 Å². The summed E-state index contributed by atoms with van der Waals surface area (Å²) in [5.41, 5.74) is 1.90. The molecule has 2 aliphatic heterocycles. The number of carbonyl (C=O) groups is 4. The van der Waals surface area contributed by atoms with E-state index in [-0.39, 0.29) is 36.6 Å². The Hall–Kier alpha value is -3.72. The number of nitrogens with one attached hydrogen (secondary N) is 3. The maximum absolute atomic E-state index is 13.4. The van der Waals surface area contributed by atoms with Crippen molar-refractivity contribution in [1.82, 2.24) is 20.9 Å². The van der Waals surface area contributed by atoms with E-state index in [0.29, 0.717) is 25.8 Å². The molecular weight excluding hydrogens is 496 g/mol. The minimum absolute atomic E-state index is 0.00358. The second-order valence-corrected chi connectivity index (χ2v) is 10.5. The maximum atomic E-state index is 13.4. The van der Waals surface area contributed by atoms with Gasteiger partial charge in [-0.25, -0.2) is 0 Å². The van der Waals surface area contributed by atoms with Crippen molar-refractivity contribution in [2.45, 2.75) is 75.5 Å². The average molecular weight is 535 g/mol. The van der Waals surface area contributed by atoms with Gasteiger partial charge in [0.25, 0.3) is 0 Å². The molecule has 4 rings (SSSR count). The van der Waals surface area contributed by atoms with Gasteiger partial charge in [-0.3, -0.25) is 19.2 Å². The molecule has 0 aromatic heterocycles. The first-order chi connectivity index (χ1) is 18.9. The number of nitrogens with zero attached hydrogens (tertiary/aromatic N) is 1. The van der Waals surface area contributed by atoms with Gasteiger partial charge in [0.05, 0.1) is 12.5 Å². The second kappa shape index (κ2) is 13.9. The monoisotopic (exact) mass is 534 g/mol. The van der Waals surface area contributed by atoms with Gasteiger partial charge in [0.1, 0.15) is 6.04 Å². The lowest BCUT2D eigenvalue weighted by atomic mass is 10.0. The first-order valence-corrected chi connectivity index (χ1v) is 13.8. The number of aliphatic carboxylic acids is 1. The molecule has 2 aromatic carbocycles. The highest BCUT2D eigenvalue weighted by Crippen LogP contribution is 2.21. The topological polar surface area (TPSA) is 128 Å². The average Bonchev–Trinajstić information content (AvgIpc) is 3.62. The Bertz CT molecular complexity index is 1120. The molecule has 2 aromatic rings. The van der Waals surface area contributed by atoms with E-state index < -0.39 is 24.1 Å². The predicted molar refractivity (Wildman–Crippen MR) is 147 cm³/mol. The van der Waals surface area contributed by atoms with Gasteiger partial charge < -0.3 is 26.0 Å². The summed E-state index contributed by atoms with van der Waals surface area (Å²) >= 11 is 0. The smallest absolute Gasteiger partial charge is 0.305 e. The van der Waals surface area contributed by atoms with Crippen molar-refractivity contribution in [3.63, 3.8) is 0 Å². The molecule has 4 N–H and O–H groups in total. The van der Waals surface area contributed by atoms with Crippen molar-refractivity contribution in [1.29, 1.82) is 0 Å². The van der Waals surface area contributed by atoms with Crippen LogP contribution in [0.15, 0.2) is 60.7 Å². The van der Waals surface area contributed by atoms with E-state index in [2.05, 4.69) is 16.0 Å². The largest absolute Gasteiger partial charge is 0.481 e. The van der Waals surface area contributed by atoms with E-state index in [1.165, 1.54) is 0 Å². The number of hydrogen-bond donors (Lipinski definition) is 4. The van der Waals surface area contributed by atoms with Gasteiger partial charge in [-0.15, -0.1) is 0 Å². The van der Waals surface area contributed by atoms with Gasteiger partial charge in [0, 0.05) is 25.0 Å². The van der Waals surface area contributed by atoms with Crippen molar-refractivity contribution in [3.05, 3.63) is 71.8 Å². The lowest BCUT2D eigenvalue weighted by Crippen LogP contribution is -2.53. The van der Waals surface area contributed by atoms with E-state index >= 15 is 0 Å². The molecule has 0 spiro atoms. The first kappa shape index (κ1) is 28.3. The quantitative estimate of drug-likeness (QED) is 0.330. The highest BCUT2D eigenvalue weighted by molar-refractivity contribution is 5.91. The zero-order valence-corrected chi connectivity index (χ0v) is 22.2. The Morgan fingerprint density at radius 2 is 1.46 bits per heavy atom. The van der Waals surface area contributed by atoms with Gasteiger partial charge in [-0.05, 0) is 56.2 Å².